The number of hydrogen-bond donors (Lipinski definition) is 3. The third-order valence-electron chi connectivity index (χ3n) is 6.21. The van der Waals surface area contributed by atoms with Crippen LogP contribution in [0.1, 0.15) is 71.1 Å². The van der Waals surface area contributed by atoms with Crippen molar-refractivity contribution in [3.63, 3.8) is 0 Å². The first kappa shape index (κ1) is 24.4. The molecule has 3 N–H and O–H groups in total. The maximum absolute atomic E-state index is 12.1. The first-order valence-electron chi connectivity index (χ1n) is 11.6. The van der Waals surface area contributed by atoms with Gasteiger partial charge in [-0.15, -0.1) is 0 Å². The van der Waals surface area contributed by atoms with Gasteiger partial charge in [-0.05, 0) is 44.4 Å². The number of amides is 3. The predicted octanol–water partition coefficient (Wildman–Crippen LogP) is 2.46. The zero-order chi connectivity index (χ0) is 21.8. The Labute approximate surface area is 180 Å². The highest BCUT2D eigenvalue weighted by atomic mass is 16.5. The number of allylic oxidation sites excluding steroid dienone is 2. The molecule has 2 aliphatic heterocycles. The molecule has 2 heterocycles. The van der Waals surface area contributed by atoms with E-state index in [1.54, 1.807) is 7.05 Å². The summed E-state index contributed by atoms with van der Waals surface area (Å²) in [6.07, 6.45) is 13.7. The van der Waals surface area contributed by atoms with Gasteiger partial charge in [0.1, 0.15) is 0 Å². The molecule has 2 saturated heterocycles. The molecule has 2 aliphatic rings. The van der Waals surface area contributed by atoms with Crippen molar-refractivity contribution in [1.82, 2.24) is 16.0 Å². The van der Waals surface area contributed by atoms with E-state index in [1.807, 2.05) is 0 Å². The van der Waals surface area contributed by atoms with Gasteiger partial charge < -0.3 is 20.7 Å². The van der Waals surface area contributed by atoms with Crippen LogP contribution in [0.25, 0.3) is 0 Å². The molecule has 7 heteroatoms. The molecule has 0 aromatic rings. The van der Waals surface area contributed by atoms with Gasteiger partial charge >= 0.3 is 0 Å². The number of nitrogens with one attached hydrogen (secondary N) is 3. The van der Waals surface area contributed by atoms with E-state index in [1.165, 1.54) is 0 Å². The van der Waals surface area contributed by atoms with E-state index >= 15 is 0 Å². The van der Waals surface area contributed by atoms with Gasteiger partial charge in [0.15, 0.2) is 0 Å². The van der Waals surface area contributed by atoms with E-state index in [0.717, 1.165) is 51.4 Å². The Morgan fingerprint density at radius 1 is 0.900 bits per heavy atom. The number of fused-ring (bicyclic) bond motifs is 2. The maximum Gasteiger partial charge on any atom is 0.239 e. The van der Waals surface area contributed by atoms with Gasteiger partial charge in [-0.25, -0.2) is 0 Å². The molecule has 170 valence electrons. The predicted molar refractivity (Wildman–Crippen MR) is 117 cm³/mol. The van der Waals surface area contributed by atoms with Gasteiger partial charge in [0.05, 0.1) is 18.8 Å². The lowest BCUT2D eigenvalue weighted by molar-refractivity contribution is -0.126. The smallest absolute Gasteiger partial charge is 0.239 e. The van der Waals surface area contributed by atoms with E-state index in [4.69, 9.17) is 4.74 Å². The van der Waals surface area contributed by atoms with Gasteiger partial charge in [-0.2, -0.15) is 0 Å². The maximum atomic E-state index is 12.1. The molecular weight excluding hydrogens is 382 g/mol. The lowest BCUT2D eigenvalue weighted by Crippen LogP contribution is -2.42. The van der Waals surface area contributed by atoms with Crippen molar-refractivity contribution < 1.29 is 19.1 Å². The summed E-state index contributed by atoms with van der Waals surface area (Å²) in [7, 11) is 1.66. The Kier molecular flexibility index (Phi) is 10.9. The molecule has 2 rings (SSSR count). The second-order valence-corrected chi connectivity index (χ2v) is 8.43. The zero-order valence-electron chi connectivity index (χ0n) is 18.6. The van der Waals surface area contributed by atoms with E-state index < -0.39 is 0 Å². The Morgan fingerprint density at radius 3 is 2.37 bits per heavy atom. The fourth-order valence-electron chi connectivity index (χ4n) is 4.45. The van der Waals surface area contributed by atoms with Crippen LogP contribution >= 0.6 is 0 Å². The van der Waals surface area contributed by atoms with Gasteiger partial charge in [0.2, 0.25) is 17.7 Å². The fourth-order valence-corrected chi connectivity index (χ4v) is 4.45. The van der Waals surface area contributed by atoms with Crippen LogP contribution in [-0.4, -0.2) is 50.1 Å². The minimum atomic E-state index is -0.134. The highest BCUT2D eigenvalue weighted by Crippen LogP contribution is 2.44. The van der Waals surface area contributed by atoms with E-state index in [-0.39, 0.29) is 36.5 Å². The van der Waals surface area contributed by atoms with Crippen molar-refractivity contribution >= 4 is 17.7 Å². The average Bonchev–Trinajstić information content (AvgIpc) is 3.35. The number of unbranched alkanes of at least 4 members (excludes halogenated alkanes) is 3. The Balaban J connectivity index is 1.67. The van der Waals surface area contributed by atoms with Crippen LogP contribution in [0.4, 0.5) is 0 Å². The SMILES string of the molecule is CCCCCC(=O)NCC(=O)NC[C@@H]1[C@H](CC=CCCCC(=O)NC)[C@@H]2CC[C@H]1O2. The zero-order valence-corrected chi connectivity index (χ0v) is 18.6. The number of hydrogen-bond acceptors (Lipinski definition) is 4. The second-order valence-electron chi connectivity index (χ2n) is 8.43. The Morgan fingerprint density at radius 2 is 1.63 bits per heavy atom. The first-order chi connectivity index (χ1) is 14.5. The second kappa shape index (κ2) is 13.4. The van der Waals surface area contributed by atoms with E-state index in [2.05, 4.69) is 35.0 Å². The summed E-state index contributed by atoms with van der Waals surface area (Å²) in [4.78, 5) is 35.1. The summed E-state index contributed by atoms with van der Waals surface area (Å²) < 4.78 is 6.10. The lowest BCUT2D eigenvalue weighted by atomic mass is 9.77. The Hall–Kier alpha value is -1.89. The molecule has 2 fully saturated rings. The third-order valence-corrected chi connectivity index (χ3v) is 6.21. The van der Waals surface area contributed by atoms with Crippen LogP contribution in [0.15, 0.2) is 12.2 Å². The molecule has 3 amide bonds. The van der Waals surface area contributed by atoms with Crippen molar-refractivity contribution in [2.45, 2.75) is 83.3 Å². The van der Waals surface area contributed by atoms with Crippen LogP contribution in [-0.2, 0) is 19.1 Å². The molecule has 0 aromatic carbocycles. The van der Waals surface area contributed by atoms with E-state index in [0.29, 0.717) is 31.2 Å². The van der Waals surface area contributed by atoms with Crippen LogP contribution in [0.2, 0.25) is 0 Å². The molecule has 0 aliphatic carbocycles. The molecule has 0 saturated carbocycles. The summed E-state index contributed by atoms with van der Waals surface area (Å²) in [5.74, 6) is 0.635. The van der Waals surface area contributed by atoms with Crippen molar-refractivity contribution in [2.75, 3.05) is 20.1 Å². The van der Waals surface area contributed by atoms with Crippen LogP contribution in [0.3, 0.4) is 0 Å². The summed E-state index contributed by atoms with van der Waals surface area (Å²) >= 11 is 0. The molecule has 0 spiro atoms. The molecule has 7 nitrogen and oxygen atoms in total. The Bertz CT molecular complexity index is 593. The summed E-state index contributed by atoms with van der Waals surface area (Å²) in [5, 5.41) is 8.33. The highest BCUT2D eigenvalue weighted by molar-refractivity contribution is 5.84. The van der Waals surface area contributed by atoms with Crippen LogP contribution < -0.4 is 16.0 Å². The molecule has 0 aromatic heterocycles. The number of carbonyl (C=O) groups is 3. The first-order valence-corrected chi connectivity index (χ1v) is 11.6. The minimum absolute atomic E-state index is 0.0442. The van der Waals surface area contributed by atoms with Gasteiger partial charge in [-0.1, -0.05) is 31.9 Å². The molecule has 2 bridgehead atoms. The normalized spacial score (nSPS) is 24.9. The molecule has 0 unspecified atom stereocenters. The van der Waals surface area contributed by atoms with Crippen molar-refractivity contribution in [3.8, 4) is 0 Å². The molecule has 4 atom stereocenters. The number of ether oxygens (including phenoxy) is 1. The number of rotatable bonds is 14. The fraction of sp³-hybridized carbons (Fsp3) is 0.783. The molecule has 0 radical (unpaired) electrons. The van der Waals surface area contributed by atoms with Crippen LogP contribution in [0, 0.1) is 11.8 Å². The van der Waals surface area contributed by atoms with E-state index in [9.17, 15) is 14.4 Å². The summed E-state index contributed by atoms with van der Waals surface area (Å²) in [5.41, 5.74) is 0. The molecular formula is C23H39N3O4. The van der Waals surface area contributed by atoms with Crippen LogP contribution in [0.5, 0.6) is 0 Å². The highest BCUT2D eigenvalue weighted by Gasteiger charge is 2.47. The lowest BCUT2D eigenvalue weighted by Gasteiger charge is -2.27. The minimum Gasteiger partial charge on any atom is -0.374 e. The van der Waals surface area contributed by atoms with Gasteiger partial charge in [-0.3, -0.25) is 14.4 Å². The molecule has 30 heavy (non-hydrogen) atoms. The number of carbonyl (C=O) groups excluding carboxylic acids is 3. The summed E-state index contributed by atoms with van der Waals surface area (Å²) in [6, 6.07) is 0. The summed E-state index contributed by atoms with van der Waals surface area (Å²) in [6.45, 7) is 2.74. The van der Waals surface area contributed by atoms with Crippen molar-refractivity contribution in [1.29, 1.82) is 0 Å². The van der Waals surface area contributed by atoms with Crippen molar-refractivity contribution in [2.24, 2.45) is 11.8 Å². The standard InChI is InChI=1S/C23H39N3O4/c1-3-4-7-12-22(28)26-16-23(29)25-15-18-17(19-13-14-20(18)30-19)10-8-5-6-9-11-21(27)24-2/h5,8,17-20H,3-4,6-7,9-16H2,1-2H3,(H,24,27)(H,25,29)(H,26,28)/t17-,18+,19-,20+/m0/s1. The monoisotopic (exact) mass is 421 g/mol. The largest absolute Gasteiger partial charge is 0.374 e. The van der Waals surface area contributed by atoms with Gasteiger partial charge in [0.25, 0.3) is 0 Å². The third kappa shape index (κ3) is 8.09. The topological polar surface area (TPSA) is 96.5 Å². The quantitative estimate of drug-likeness (QED) is 0.296. The van der Waals surface area contributed by atoms with Crippen molar-refractivity contribution in [3.05, 3.63) is 12.2 Å². The average molecular weight is 422 g/mol. The van der Waals surface area contributed by atoms with Gasteiger partial charge in [0, 0.05) is 32.4 Å².